The summed E-state index contributed by atoms with van der Waals surface area (Å²) in [5.41, 5.74) is 0.112. The number of anilines is 1. The second kappa shape index (κ2) is 4.92. The van der Waals surface area contributed by atoms with Gasteiger partial charge in [-0.2, -0.15) is 13.2 Å². The quantitative estimate of drug-likeness (QED) is 0.895. The summed E-state index contributed by atoms with van der Waals surface area (Å²) in [5.74, 6) is 0. The molecule has 20 heavy (non-hydrogen) atoms. The largest absolute Gasteiger partial charge is 0.501 e. The fraction of sp³-hybridized carbons (Fsp3) is 0.500. The summed E-state index contributed by atoms with van der Waals surface area (Å²) in [7, 11) is -5.37. The topological polar surface area (TPSA) is 72.2 Å². The highest BCUT2D eigenvalue weighted by Crippen LogP contribution is 2.35. The van der Waals surface area contributed by atoms with E-state index in [-0.39, 0.29) is 12.2 Å². The van der Waals surface area contributed by atoms with Gasteiger partial charge in [-0.3, -0.25) is 0 Å². The van der Waals surface area contributed by atoms with Crippen LogP contribution in [0.5, 0.6) is 0 Å². The standard InChI is InChI=1S/C12H15F3N2O2S/c13-12(14,15)20(18,19)10-5-2-1-4-9(10)17-8-11(16)6-3-7-11/h1-2,4-5,17H,3,6-8,16H2. The predicted octanol–water partition coefficient (Wildman–Crippen LogP) is 2.27. The van der Waals surface area contributed by atoms with Gasteiger partial charge in [0, 0.05) is 12.1 Å². The van der Waals surface area contributed by atoms with E-state index in [1.165, 1.54) is 18.2 Å². The number of rotatable bonds is 4. The lowest BCUT2D eigenvalue weighted by Crippen LogP contribution is -2.52. The number of benzene rings is 1. The van der Waals surface area contributed by atoms with Crippen LogP contribution in [-0.4, -0.2) is 26.0 Å². The number of nitrogens with one attached hydrogen (secondary N) is 1. The summed E-state index contributed by atoms with van der Waals surface area (Å²) in [6, 6.07) is 4.98. The third-order valence-corrected chi connectivity index (χ3v) is 5.01. The van der Waals surface area contributed by atoms with Crippen molar-refractivity contribution >= 4 is 15.5 Å². The maximum Gasteiger partial charge on any atom is 0.501 e. The third-order valence-electron chi connectivity index (χ3n) is 3.46. The molecule has 0 unspecified atom stereocenters. The molecule has 1 aromatic rings. The van der Waals surface area contributed by atoms with Gasteiger partial charge in [-0.25, -0.2) is 8.42 Å². The Bertz CT molecular complexity index is 595. The first-order valence-corrected chi connectivity index (χ1v) is 7.57. The van der Waals surface area contributed by atoms with Crippen molar-refractivity contribution < 1.29 is 21.6 Å². The average molecular weight is 308 g/mol. The number of alkyl halides is 3. The molecular weight excluding hydrogens is 293 g/mol. The van der Waals surface area contributed by atoms with E-state index in [9.17, 15) is 21.6 Å². The molecule has 0 bridgehead atoms. The Morgan fingerprint density at radius 1 is 1.25 bits per heavy atom. The zero-order valence-corrected chi connectivity index (χ0v) is 11.4. The zero-order chi connectivity index (χ0) is 15.0. The number of hydrogen-bond donors (Lipinski definition) is 2. The summed E-state index contributed by atoms with van der Waals surface area (Å²) in [6.07, 6.45) is 2.52. The monoisotopic (exact) mass is 308 g/mol. The molecule has 1 saturated carbocycles. The molecule has 0 heterocycles. The molecule has 3 N–H and O–H groups in total. The molecular formula is C12H15F3N2O2S. The molecule has 4 nitrogen and oxygen atoms in total. The lowest BCUT2D eigenvalue weighted by molar-refractivity contribution is -0.0435. The Morgan fingerprint density at radius 2 is 1.85 bits per heavy atom. The molecule has 0 saturated heterocycles. The molecule has 0 amide bonds. The molecule has 0 aromatic heterocycles. The van der Waals surface area contributed by atoms with Crippen molar-refractivity contribution in [2.24, 2.45) is 5.73 Å². The first-order chi connectivity index (χ1) is 9.16. The van der Waals surface area contributed by atoms with Gasteiger partial charge in [-0.15, -0.1) is 0 Å². The first kappa shape index (κ1) is 15.1. The molecule has 0 radical (unpaired) electrons. The minimum atomic E-state index is -5.37. The molecule has 1 aromatic carbocycles. The zero-order valence-electron chi connectivity index (χ0n) is 10.6. The van der Waals surface area contributed by atoms with Gasteiger partial charge in [0.1, 0.15) is 0 Å². The van der Waals surface area contributed by atoms with Gasteiger partial charge in [-0.05, 0) is 31.4 Å². The van der Waals surface area contributed by atoms with E-state index in [4.69, 9.17) is 5.73 Å². The van der Waals surface area contributed by atoms with Crippen molar-refractivity contribution in [1.82, 2.24) is 0 Å². The van der Waals surface area contributed by atoms with E-state index >= 15 is 0 Å². The van der Waals surface area contributed by atoms with Crippen molar-refractivity contribution in [3.05, 3.63) is 24.3 Å². The summed E-state index contributed by atoms with van der Waals surface area (Å²) >= 11 is 0. The van der Waals surface area contributed by atoms with Crippen LogP contribution >= 0.6 is 0 Å². The van der Waals surface area contributed by atoms with E-state index in [0.717, 1.165) is 25.3 Å². The minimum Gasteiger partial charge on any atom is -0.382 e. The molecule has 2 rings (SSSR count). The molecule has 112 valence electrons. The van der Waals surface area contributed by atoms with Gasteiger partial charge in [-0.1, -0.05) is 12.1 Å². The highest BCUT2D eigenvalue weighted by molar-refractivity contribution is 7.92. The summed E-state index contributed by atoms with van der Waals surface area (Å²) in [4.78, 5) is -0.768. The fourth-order valence-corrected chi connectivity index (χ4v) is 2.99. The predicted molar refractivity (Wildman–Crippen MR) is 68.9 cm³/mol. The Hall–Kier alpha value is -1.28. The Balaban J connectivity index is 2.27. The van der Waals surface area contributed by atoms with Crippen molar-refractivity contribution in [3.63, 3.8) is 0 Å². The molecule has 1 fully saturated rings. The SMILES string of the molecule is NC1(CNc2ccccc2S(=O)(=O)C(F)(F)F)CCC1. The molecule has 0 aliphatic heterocycles. The normalized spacial score (nSPS) is 18.4. The number of nitrogens with two attached hydrogens (primary N) is 1. The number of sulfone groups is 1. The molecule has 1 aliphatic carbocycles. The van der Waals surface area contributed by atoms with Crippen LogP contribution < -0.4 is 11.1 Å². The second-order valence-corrected chi connectivity index (χ2v) is 6.92. The Kier molecular flexibility index (Phi) is 3.72. The van der Waals surface area contributed by atoms with Gasteiger partial charge >= 0.3 is 5.51 Å². The van der Waals surface area contributed by atoms with E-state index in [1.54, 1.807) is 0 Å². The van der Waals surface area contributed by atoms with Crippen molar-refractivity contribution in [1.29, 1.82) is 0 Å². The smallest absolute Gasteiger partial charge is 0.382 e. The molecule has 1 aliphatic rings. The molecule has 8 heteroatoms. The minimum absolute atomic E-state index is 0.0680. The van der Waals surface area contributed by atoms with Gasteiger partial charge in [0.05, 0.1) is 10.6 Å². The second-order valence-electron chi connectivity index (χ2n) is 5.01. The maximum absolute atomic E-state index is 12.6. The fourth-order valence-electron chi connectivity index (χ4n) is 2.05. The Labute approximate surface area is 115 Å². The van der Waals surface area contributed by atoms with Crippen LogP contribution in [0.15, 0.2) is 29.2 Å². The number of hydrogen-bond acceptors (Lipinski definition) is 4. The van der Waals surface area contributed by atoms with Crippen molar-refractivity contribution in [3.8, 4) is 0 Å². The van der Waals surface area contributed by atoms with E-state index in [0.29, 0.717) is 0 Å². The molecule has 0 atom stereocenters. The lowest BCUT2D eigenvalue weighted by Gasteiger charge is -2.38. The van der Waals surface area contributed by atoms with Crippen LogP contribution in [0.25, 0.3) is 0 Å². The molecule has 0 spiro atoms. The van der Waals surface area contributed by atoms with Gasteiger partial charge < -0.3 is 11.1 Å². The van der Waals surface area contributed by atoms with E-state index in [1.807, 2.05) is 0 Å². The Morgan fingerprint density at radius 3 is 2.35 bits per heavy atom. The maximum atomic E-state index is 12.6. The number of para-hydroxylation sites is 1. The van der Waals surface area contributed by atoms with Crippen LogP contribution in [0.2, 0.25) is 0 Å². The van der Waals surface area contributed by atoms with E-state index in [2.05, 4.69) is 5.32 Å². The highest BCUT2D eigenvalue weighted by atomic mass is 32.2. The van der Waals surface area contributed by atoms with Gasteiger partial charge in [0.2, 0.25) is 0 Å². The number of halogens is 3. The van der Waals surface area contributed by atoms with E-state index < -0.39 is 25.8 Å². The van der Waals surface area contributed by atoms with Crippen LogP contribution in [0.3, 0.4) is 0 Å². The van der Waals surface area contributed by atoms with Crippen LogP contribution in [-0.2, 0) is 9.84 Å². The lowest BCUT2D eigenvalue weighted by atomic mass is 9.78. The summed E-state index contributed by atoms with van der Waals surface area (Å²) in [6.45, 7) is 0.247. The van der Waals surface area contributed by atoms with Gasteiger partial charge in [0.15, 0.2) is 0 Å². The summed E-state index contributed by atoms with van der Waals surface area (Å²) < 4.78 is 60.8. The third kappa shape index (κ3) is 2.76. The van der Waals surface area contributed by atoms with Crippen LogP contribution in [0.1, 0.15) is 19.3 Å². The van der Waals surface area contributed by atoms with Gasteiger partial charge in [0.25, 0.3) is 9.84 Å². The van der Waals surface area contributed by atoms with Crippen LogP contribution in [0.4, 0.5) is 18.9 Å². The average Bonchev–Trinajstić information content (AvgIpc) is 2.33. The van der Waals surface area contributed by atoms with Crippen LogP contribution in [0, 0.1) is 0 Å². The highest BCUT2D eigenvalue weighted by Gasteiger charge is 2.48. The first-order valence-electron chi connectivity index (χ1n) is 6.09. The van der Waals surface area contributed by atoms with Crippen molar-refractivity contribution in [2.75, 3.05) is 11.9 Å². The van der Waals surface area contributed by atoms with Crippen molar-refractivity contribution in [2.45, 2.75) is 35.2 Å². The summed E-state index contributed by atoms with van der Waals surface area (Å²) in [5, 5.41) is 2.73.